The van der Waals surface area contributed by atoms with Gasteiger partial charge in [-0.1, -0.05) is 46.5 Å². The lowest BCUT2D eigenvalue weighted by Crippen LogP contribution is -2.76. The van der Waals surface area contributed by atoms with Crippen molar-refractivity contribution in [3.8, 4) is 0 Å². The fourth-order valence-corrected chi connectivity index (χ4v) is 3.96. The van der Waals surface area contributed by atoms with Gasteiger partial charge in [-0.3, -0.25) is 9.59 Å². The van der Waals surface area contributed by atoms with Crippen LogP contribution in [0.1, 0.15) is 78.6 Å². The molecule has 120 valence electrons. The minimum Gasteiger partial charge on any atom is -0.340 e. The number of piperazine rings is 1. The molecule has 1 saturated heterocycles. The average Bonchev–Trinajstić information content (AvgIpc) is 2.52. The number of nitrogens with zero attached hydrogens (tertiary/aromatic N) is 1. The lowest BCUT2D eigenvalue weighted by atomic mass is 9.74. The lowest BCUT2D eigenvalue weighted by Gasteiger charge is -2.54. The standard InChI is InChI=1S/C17H30N2O2/c1-4-7-13-19-15(21)16(5-2,6-3)18-14(20)17(19)11-9-8-10-12-17/h4-13H2,1-3H3,(H,18,20). The van der Waals surface area contributed by atoms with Crippen molar-refractivity contribution in [2.75, 3.05) is 6.54 Å². The van der Waals surface area contributed by atoms with E-state index in [9.17, 15) is 9.59 Å². The summed E-state index contributed by atoms with van der Waals surface area (Å²) in [4.78, 5) is 28.0. The van der Waals surface area contributed by atoms with Crippen LogP contribution in [0.5, 0.6) is 0 Å². The highest BCUT2D eigenvalue weighted by Gasteiger charge is 2.56. The van der Waals surface area contributed by atoms with Crippen molar-refractivity contribution in [3.63, 3.8) is 0 Å². The summed E-state index contributed by atoms with van der Waals surface area (Å²) in [7, 11) is 0. The maximum Gasteiger partial charge on any atom is 0.249 e. The summed E-state index contributed by atoms with van der Waals surface area (Å²) in [6.07, 6.45) is 8.31. The van der Waals surface area contributed by atoms with Gasteiger partial charge in [-0.05, 0) is 32.1 Å². The highest BCUT2D eigenvalue weighted by atomic mass is 16.2. The number of carbonyl (C=O) groups is 2. The number of hydrogen-bond donors (Lipinski definition) is 1. The van der Waals surface area contributed by atoms with E-state index < -0.39 is 11.1 Å². The van der Waals surface area contributed by atoms with E-state index in [-0.39, 0.29) is 11.8 Å². The first-order chi connectivity index (χ1) is 10.1. The van der Waals surface area contributed by atoms with E-state index >= 15 is 0 Å². The molecule has 0 aromatic heterocycles. The Bertz CT molecular complexity index is 396. The molecule has 21 heavy (non-hydrogen) atoms. The number of nitrogens with one attached hydrogen (secondary N) is 1. The molecule has 4 heteroatoms. The van der Waals surface area contributed by atoms with E-state index in [1.165, 1.54) is 6.42 Å². The third-order valence-corrected chi connectivity index (χ3v) is 5.57. The Balaban J connectivity index is 2.37. The molecule has 0 radical (unpaired) electrons. The summed E-state index contributed by atoms with van der Waals surface area (Å²) in [6, 6.07) is 0. The molecule has 2 fully saturated rings. The Kier molecular flexibility index (Phi) is 4.95. The molecule has 0 aromatic rings. The predicted molar refractivity (Wildman–Crippen MR) is 83.9 cm³/mol. The summed E-state index contributed by atoms with van der Waals surface area (Å²) >= 11 is 0. The van der Waals surface area contributed by atoms with Gasteiger partial charge in [0.1, 0.15) is 11.1 Å². The van der Waals surface area contributed by atoms with Gasteiger partial charge in [-0.15, -0.1) is 0 Å². The molecule has 0 unspecified atom stereocenters. The number of unbranched alkanes of at least 4 members (excludes halogenated alkanes) is 1. The van der Waals surface area contributed by atoms with Crippen molar-refractivity contribution < 1.29 is 9.59 Å². The minimum absolute atomic E-state index is 0.0987. The summed E-state index contributed by atoms with van der Waals surface area (Å²) in [5.74, 6) is 0.254. The summed E-state index contributed by atoms with van der Waals surface area (Å²) < 4.78 is 0. The molecular weight excluding hydrogens is 264 g/mol. The van der Waals surface area contributed by atoms with Gasteiger partial charge in [0, 0.05) is 6.54 Å². The van der Waals surface area contributed by atoms with Gasteiger partial charge in [0.05, 0.1) is 0 Å². The van der Waals surface area contributed by atoms with Crippen LogP contribution in [0.15, 0.2) is 0 Å². The molecular formula is C17H30N2O2. The Labute approximate surface area is 128 Å². The first kappa shape index (κ1) is 16.3. The maximum atomic E-state index is 13.1. The summed E-state index contributed by atoms with van der Waals surface area (Å²) in [5.41, 5.74) is -1.23. The second kappa shape index (κ2) is 6.37. The largest absolute Gasteiger partial charge is 0.340 e. The van der Waals surface area contributed by atoms with Crippen molar-refractivity contribution in [1.82, 2.24) is 10.2 Å². The van der Waals surface area contributed by atoms with E-state index in [0.717, 1.165) is 45.1 Å². The van der Waals surface area contributed by atoms with Crippen LogP contribution in [0.25, 0.3) is 0 Å². The topological polar surface area (TPSA) is 49.4 Å². The normalized spacial score (nSPS) is 24.2. The molecule has 2 aliphatic rings. The molecule has 1 heterocycles. The highest BCUT2D eigenvalue weighted by molar-refractivity contribution is 6.02. The van der Waals surface area contributed by atoms with Crippen LogP contribution in [0, 0.1) is 0 Å². The van der Waals surface area contributed by atoms with Gasteiger partial charge in [0.2, 0.25) is 11.8 Å². The summed E-state index contributed by atoms with van der Waals surface area (Å²) in [6.45, 7) is 6.86. The number of amides is 2. The van der Waals surface area contributed by atoms with Crippen molar-refractivity contribution in [3.05, 3.63) is 0 Å². The first-order valence-electron chi connectivity index (χ1n) is 8.71. The molecule has 1 aliphatic heterocycles. The summed E-state index contributed by atoms with van der Waals surface area (Å²) in [5, 5.41) is 3.12. The fraction of sp³-hybridized carbons (Fsp3) is 0.882. The molecule has 2 amide bonds. The average molecular weight is 294 g/mol. The monoisotopic (exact) mass is 294 g/mol. The Morgan fingerprint density at radius 1 is 1.05 bits per heavy atom. The highest BCUT2D eigenvalue weighted by Crippen LogP contribution is 2.40. The molecule has 1 aliphatic carbocycles. The van der Waals surface area contributed by atoms with E-state index in [4.69, 9.17) is 0 Å². The molecule has 0 bridgehead atoms. The molecule has 4 nitrogen and oxygen atoms in total. The van der Waals surface area contributed by atoms with Gasteiger partial charge < -0.3 is 10.2 Å². The predicted octanol–water partition coefficient (Wildman–Crippen LogP) is 3.01. The Morgan fingerprint density at radius 2 is 1.67 bits per heavy atom. The van der Waals surface area contributed by atoms with Crippen LogP contribution in [-0.4, -0.2) is 34.3 Å². The van der Waals surface area contributed by atoms with Crippen LogP contribution in [0.3, 0.4) is 0 Å². The molecule has 0 atom stereocenters. The smallest absolute Gasteiger partial charge is 0.249 e. The number of hydrogen-bond acceptors (Lipinski definition) is 2. The number of carbonyl (C=O) groups excluding carboxylic acids is 2. The Hall–Kier alpha value is -1.06. The van der Waals surface area contributed by atoms with Crippen LogP contribution in [0.4, 0.5) is 0 Å². The van der Waals surface area contributed by atoms with Crippen LogP contribution < -0.4 is 5.32 Å². The van der Waals surface area contributed by atoms with Crippen LogP contribution in [0.2, 0.25) is 0 Å². The van der Waals surface area contributed by atoms with E-state index in [1.54, 1.807) is 0 Å². The van der Waals surface area contributed by atoms with Crippen molar-refractivity contribution in [1.29, 1.82) is 0 Å². The lowest BCUT2D eigenvalue weighted by molar-refractivity contribution is -0.166. The van der Waals surface area contributed by atoms with Crippen LogP contribution >= 0.6 is 0 Å². The quantitative estimate of drug-likeness (QED) is 0.847. The van der Waals surface area contributed by atoms with Gasteiger partial charge >= 0.3 is 0 Å². The Morgan fingerprint density at radius 3 is 2.19 bits per heavy atom. The maximum absolute atomic E-state index is 13.1. The molecule has 2 rings (SSSR count). The van der Waals surface area contributed by atoms with Gasteiger partial charge in [-0.2, -0.15) is 0 Å². The van der Waals surface area contributed by atoms with E-state index in [1.807, 2.05) is 18.7 Å². The minimum atomic E-state index is -0.673. The van der Waals surface area contributed by atoms with Crippen molar-refractivity contribution >= 4 is 11.8 Å². The molecule has 1 N–H and O–H groups in total. The number of rotatable bonds is 5. The molecule has 1 spiro atoms. The van der Waals surface area contributed by atoms with Crippen molar-refractivity contribution in [2.45, 2.75) is 89.6 Å². The third-order valence-electron chi connectivity index (χ3n) is 5.57. The first-order valence-corrected chi connectivity index (χ1v) is 8.71. The van der Waals surface area contributed by atoms with Gasteiger partial charge in [-0.25, -0.2) is 0 Å². The zero-order valence-corrected chi connectivity index (χ0v) is 13.8. The zero-order chi connectivity index (χ0) is 15.5. The fourth-order valence-electron chi connectivity index (χ4n) is 3.96. The van der Waals surface area contributed by atoms with Gasteiger partial charge in [0.15, 0.2) is 0 Å². The SMILES string of the molecule is CCCCN1C(=O)C(CC)(CC)NC(=O)C12CCCCC2. The van der Waals surface area contributed by atoms with Crippen molar-refractivity contribution in [2.24, 2.45) is 0 Å². The van der Waals surface area contributed by atoms with Crippen LogP contribution in [-0.2, 0) is 9.59 Å². The molecule has 1 saturated carbocycles. The third kappa shape index (κ3) is 2.58. The molecule has 0 aromatic carbocycles. The second-order valence-corrected chi connectivity index (χ2v) is 6.65. The van der Waals surface area contributed by atoms with E-state index in [2.05, 4.69) is 12.2 Å². The van der Waals surface area contributed by atoms with Gasteiger partial charge in [0.25, 0.3) is 0 Å². The van der Waals surface area contributed by atoms with E-state index in [0.29, 0.717) is 12.8 Å². The second-order valence-electron chi connectivity index (χ2n) is 6.65. The zero-order valence-electron chi connectivity index (χ0n) is 13.8.